The lowest BCUT2D eigenvalue weighted by atomic mass is 9.34. The minimum absolute atomic E-state index is 0.648. The van der Waals surface area contributed by atoms with E-state index in [0.29, 0.717) is 6.85 Å². The van der Waals surface area contributed by atoms with Gasteiger partial charge in [0, 0.05) is 23.3 Å². The van der Waals surface area contributed by atoms with E-state index in [1.807, 2.05) is 0 Å². The first-order valence-corrected chi connectivity index (χ1v) is 10.9. The highest BCUT2D eigenvalue weighted by Gasteiger charge is 2.40. The monoisotopic (exact) mass is 368 g/mol. The molecule has 2 fully saturated rings. The van der Waals surface area contributed by atoms with Gasteiger partial charge >= 0.3 is 0 Å². The van der Waals surface area contributed by atoms with Gasteiger partial charge in [0.2, 0.25) is 0 Å². The Kier molecular flexibility index (Phi) is 4.99. The van der Waals surface area contributed by atoms with Crippen molar-refractivity contribution in [1.29, 1.82) is 0 Å². The lowest BCUT2D eigenvalue weighted by Crippen LogP contribution is -2.41. The predicted octanol–water partition coefficient (Wildman–Crippen LogP) is 6.96. The number of benzene rings is 3. The number of rotatable bonds is 5. The molecule has 28 heavy (non-hydrogen) atoms. The zero-order valence-corrected chi connectivity index (χ0v) is 16.5. The van der Waals surface area contributed by atoms with Gasteiger partial charge in [-0.2, -0.15) is 0 Å². The molecular formula is C25H29BN2. The van der Waals surface area contributed by atoms with E-state index in [-0.39, 0.29) is 0 Å². The van der Waals surface area contributed by atoms with Crippen molar-refractivity contribution in [3.05, 3.63) is 72.3 Å². The summed E-state index contributed by atoms with van der Waals surface area (Å²) in [7, 11) is 0. The molecular weight excluding hydrogens is 339 g/mol. The summed E-state index contributed by atoms with van der Waals surface area (Å²) in [4.78, 5) is 0. The van der Waals surface area contributed by atoms with Gasteiger partial charge in [-0.1, -0.05) is 93.1 Å². The van der Waals surface area contributed by atoms with Crippen LogP contribution in [-0.4, -0.2) is 6.85 Å². The van der Waals surface area contributed by atoms with Gasteiger partial charge in [-0.15, -0.1) is 0 Å². The average molecular weight is 368 g/mol. The lowest BCUT2D eigenvalue weighted by molar-refractivity contribution is 0.445. The predicted molar refractivity (Wildman–Crippen MR) is 122 cm³/mol. The summed E-state index contributed by atoms with van der Waals surface area (Å²) in [6.45, 7) is 1.50. The van der Waals surface area contributed by atoms with Crippen molar-refractivity contribution < 1.29 is 0 Å². The number of hydrogen-bond donors (Lipinski definition) is 2. The van der Waals surface area contributed by atoms with Crippen molar-refractivity contribution in [2.45, 2.75) is 56.7 Å². The molecule has 3 aromatic carbocycles. The highest BCUT2D eigenvalue weighted by atomic mass is 14.9. The second kappa shape index (κ2) is 7.91. The van der Waals surface area contributed by atoms with Gasteiger partial charge in [-0.05, 0) is 34.7 Å². The van der Waals surface area contributed by atoms with Crippen LogP contribution in [0.3, 0.4) is 0 Å². The summed E-state index contributed by atoms with van der Waals surface area (Å²) in [5.74, 6) is 1.71. The molecule has 0 unspecified atom stereocenters. The lowest BCUT2D eigenvalue weighted by Gasteiger charge is -2.40. The topological polar surface area (TPSA) is 24.1 Å². The zero-order chi connectivity index (χ0) is 18.8. The molecule has 2 aliphatic rings. The standard InChI is InChI=1S/C25H29BN2/c1-2-8-19(9-3-1)18-27-23-16-4-10-20-11-5-17-24(25(20)23)28-26-21-12-6-13-22(26)15-7-14-21/h1-5,8-11,16-17,21-22,27-28H,6-7,12-15,18H2. The molecule has 2 aliphatic heterocycles. The van der Waals surface area contributed by atoms with Crippen LogP contribution in [0.1, 0.15) is 44.1 Å². The zero-order valence-electron chi connectivity index (χ0n) is 16.5. The highest BCUT2D eigenvalue weighted by Crippen LogP contribution is 2.47. The minimum atomic E-state index is 0.648. The quantitative estimate of drug-likeness (QED) is 0.476. The van der Waals surface area contributed by atoms with Crippen LogP contribution in [0.2, 0.25) is 11.6 Å². The Morgan fingerprint density at radius 3 is 2.04 bits per heavy atom. The molecule has 0 atom stereocenters. The molecule has 2 bridgehead atoms. The third kappa shape index (κ3) is 3.51. The minimum Gasteiger partial charge on any atom is -0.427 e. The normalized spacial score (nSPS) is 21.5. The molecule has 3 aromatic rings. The van der Waals surface area contributed by atoms with Gasteiger partial charge in [0.25, 0.3) is 6.85 Å². The maximum Gasteiger partial charge on any atom is 0.258 e. The third-order valence-corrected chi connectivity index (χ3v) is 6.87. The van der Waals surface area contributed by atoms with Crippen molar-refractivity contribution in [3.8, 4) is 0 Å². The Hall–Kier alpha value is -2.42. The molecule has 0 radical (unpaired) electrons. The first kappa shape index (κ1) is 17.7. The van der Waals surface area contributed by atoms with Crippen molar-refractivity contribution in [2.24, 2.45) is 0 Å². The van der Waals surface area contributed by atoms with Crippen molar-refractivity contribution >= 4 is 29.0 Å². The van der Waals surface area contributed by atoms with Gasteiger partial charge in [0.1, 0.15) is 0 Å². The van der Waals surface area contributed by atoms with E-state index < -0.39 is 0 Å². The van der Waals surface area contributed by atoms with Crippen molar-refractivity contribution in [2.75, 3.05) is 10.5 Å². The Morgan fingerprint density at radius 2 is 1.36 bits per heavy atom. The molecule has 0 spiro atoms. The Bertz CT molecular complexity index is 912. The van der Waals surface area contributed by atoms with E-state index in [1.54, 1.807) is 0 Å². The van der Waals surface area contributed by atoms with Gasteiger partial charge in [-0.25, -0.2) is 0 Å². The number of nitrogens with one attached hydrogen (secondary N) is 2. The highest BCUT2D eigenvalue weighted by molar-refractivity contribution is 6.66. The first-order chi connectivity index (χ1) is 13.9. The molecule has 0 saturated carbocycles. The largest absolute Gasteiger partial charge is 0.427 e. The van der Waals surface area contributed by atoms with Gasteiger partial charge < -0.3 is 10.5 Å². The molecule has 5 rings (SSSR count). The van der Waals surface area contributed by atoms with Crippen LogP contribution in [-0.2, 0) is 6.54 Å². The van der Waals surface area contributed by atoms with Crippen molar-refractivity contribution in [1.82, 2.24) is 0 Å². The average Bonchev–Trinajstić information content (AvgIpc) is 2.73. The van der Waals surface area contributed by atoms with Gasteiger partial charge in [-0.3, -0.25) is 0 Å². The Morgan fingerprint density at radius 1 is 0.714 bits per heavy atom. The van der Waals surface area contributed by atoms with Crippen LogP contribution in [0, 0.1) is 0 Å². The fourth-order valence-electron chi connectivity index (χ4n) is 5.49. The van der Waals surface area contributed by atoms with E-state index in [4.69, 9.17) is 0 Å². The summed E-state index contributed by atoms with van der Waals surface area (Å²) in [5.41, 5.74) is 3.84. The fraction of sp³-hybridized carbons (Fsp3) is 0.360. The van der Waals surface area contributed by atoms with E-state index in [2.05, 4.69) is 77.3 Å². The first-order valence-electron chi connectivity index (χ1n) is 10.9. The number of anilines is 2. The SMILES string of the molecule is c1ccc(CNc2cccc3cccc(NB4C5CCCC4CCC5)c23)cc1. The van der Waals surface area contributed by atoms with Crippen LogP contribution in [0.15, 0.2) is 66.7 Å². The molecule has 2 N–H and O–H groups in total. The molecule has 2 saturated heterocycles. The molecule has 0 amide bonds. The molecule has 0 aromatic heterocycles. The molecule has 2 nitrogen and oxygen atoms in total. The van der Waals surface area contributed by atoms with E-state index in [0.717, 1.165) is 18.2 Å². The summed E-state index contributed by atoms with van der Waals surface area (Å²) in [6.07, 6.45) is 8.45. The van der Waals surface area contributed by atoms with Gasteiger partial charge in [0.05, 0.1) is 0 Å². The molecule has 2 heterocycles. The second-order valence-electron chi connectivity index (χ2n) is 8.60. The molecule has 0 aliphatic carbocycles. The molecule has 3 heteroatoms. The summed E-state index contributed by atoms with van der Waals surface area (Å²) >= 11 is 0. The summed E-state index contributed by atoms with van der Waals surface area (Å²) < 4.78 is 0. The fourth-order valence-corrected chi connectivity index (χ4v) is 5.49. The molecule has 142 valence electrons. The van der Waals surface area contributed by atoms with Crippen LogP contribution in [0.4, 0.5) is 11.4 Å². The van der Waals surface area contributed by atoms with Crippen LogP contribution in [0.25, 0.3) is 10.8 Å². The van der Waals surface area contributed by atoms with Gasteiger partial charge in [0.15, 0.2) is 0 Å². The maximum atomic E-state index is 4.02. The van der Waals surface area contributed by atoms with Crippen LogP contribution < -0.4 is 10.5 Å². The summed E-state index contributed by atoms with van der Waals surface area (Å²) in [5, 5.41) is 10.4. The smallest absolute Gasteiger partial charge is 0.258 e. The second-order valence-corrected chi connectivity index (χ2v) is 8.60. The Labute approximate surface area is 168 Å². The van der Waals surface area contributed by atoms with Crippen molar-refractivity contribution in [3.63, 3.8) is 0 Å². The van der Waals surface area contributed by atoms with Crippen LogP contribution >= 0.6 is 0 Å². The maximum absolute atomic E-state index is 4.02. The summed E-state index contributed by atoms with van der Waals surface area (Å²) in [6, 6.07) is 24.0. The van der Waals surface area contributed by atoms with E-state index in [9.17, 15) is 0 Å². The Balaban J connectivity index is 1.45. The number of fused-ring (bicyclic) bond motifs is 3. The third-order valence-electron chi connectivity index (χ3n) is 6.87. The van der Waals surface area contributed by atoms with Crippen LogP contribution in [0.5, 0.6) is 0 Å². The number of hydrogen-bond acceptors (Lipinski definition) is 2. The van der Waals surface area contributed by atoms with E-state index in [1.165, 1.54) is 66.2 Å². The van der Waals surface area contributed by atoms with E-state index >= 15 is 0 Å².